The average molecular weight is 650 g/mol. The lowest BCUT2D eigenvalue weighted by Crippen LogP contribution is -2.47. The monoisotopic (exact) mass is 649 g/mol. The molecule has 0 aliphatic carbocycles. The van der Waals surface area contributed by atoms with E-state index in [-0.39, 0.29) is 83.4 Å². The van der Waals surface area contributed by atoms with E-state index in [1.807, 2.05) is 0 Å². The van der Waals surface area contributed by atoms with Crippen LogP contribution < -0.4 is 27.0 Å². The number of likely N-dealkylation sites (tertiary alicyclic amines) is 1. The summed E-state index contributed by atoms with van der Waals surface area (Å²) in [4.78, 5) is 96.6. The summed E-state index contributed by atoms with van der Waals surface area (Å²) in [5.41, 5.74) is 6.34. The van der Waals surface area contributed by atoms with Crippen LogP contribution in [0.25, 0.3) is 0 Å². The summed E-state index contributed by atoms with van der Waals surface area (Å²) in [7, 11) is 1.51. The van der Waals surface area contributed by atoms with Gasteiger partial charge in [0.1, 0.15) is 12.6 Å². The van der Waals surface area contributed by atoms with Crippen LogP contribution >= 0.6 is 0 Å². The van der Waals surface area contributed by atoms with E-state index in [0.717, 1.165) is 4.90 Å². The second kappa shape index (κ2) is 19.2. The van der Waals surface area contributed by atoms with Gasteiger partial charge in [-0.25, -0.2) is 9.59 Å². The smallest absolute Gasteiger partial charge is 0.450 e. The highest BCUT2D eigenvalue weighted by Gasteiger charge is 2.28. The third-order valence-corrected chi connectivity index (χ3v) is 6.58. The van der Waals surface area contributed by atoms with Gasteiger partial charge in [-0.1, -0.05) is 6.07 Å². The summed E-state index contributed by atoms with van der Waals surface area (Å²) >= 11 is 0. The van der Waals surface area contributed by atoms with Crippen molar-refractivity contribution in [3.63, 3.8) is 0 Å². The van der Waals surface area contributed by atoms with Gasteiger partial charge in [0.2, 0.25) is 35.9 Å². The maximum atomic E-state index is 13.2. The van der Waals surface area contributed by atoms with E-state index in [4.69, 9.17) is 15.6 Å². The molecule has 18 nitrogen and oxygen atoms in total. The molecular formula is C28H39N7O11. The van der Waals surface area contributed by atoms with Crippen LogP contribution in [0.1, 0.15) is 43.2 Å². The number of hydrogen-bond donors (Lipinski definition) is 6. The molecule has 1 heterocycles. The quantitative estimate of drug-likeness (QED) is 0.0433. The number of imide groups is 1. The van der Waals surface area contributed by atoms with Gasteiger partial charge in [-0.2, -0.15) is 0 Å². The number of nitrogens with one attached hydrogen (secondary N) is 4. The molecule has 0 radical (unpaired) electrons. The number of urea groups is 1. The van der Waals surface area contributed by atoms with Crippen LogP contribution in [-0.2, 0) is 51.4 Å². The number of carbonyl (C=O) groups is 8. The first-order valence-corrected chi connectivity index (χ1v) is 14.3. The van der Waals surface area contributed by atoms with Crippen molar-refractivity contribution in [2.75, 3.05) is 45.2 Å². The fourth-order valence-corrected chi connectivity index (χ4v) is 4.26. The van der Waals surface area contributed by atoms with Gasteiger partial charge in [0.15, 0.2) is 0 Å². The van der Waals surface area contributed by atoms with E-state index in [1.165, 1.54) is 30.1 Å². The Labute approximate surface area is 264 Å². The molecular weight excluding hydrogens is 610 g/mol. The van der Waals surface area contributed by atoms with Crippen molar-refractivity contribution in [2.24, 2.45) is 5.73 Å². The lowest BCUT2D eigenvalue weighted by atomic mass is 10.1. The number of anilines is 1. The zero-order valence-corrected chi connectivity index (χ0v) is 25.4. The van der Waals surface area contributed by atoms with Crippen molar-refractivity contribution in [3.05, 3.63) is 29.3 Å². The lowest BCUT2D eigenvalue weighted by Gasteiger charge is -2.20. The average Bonchev–Trinajstić information content (AvgIpc) is 3.32. The molecule has 18 heteroatoms. The van der Waals surface area contributed by atoms with Crippen LogP contribution in [0.15, 0.2) is 18.2 Å². The molecule has 0 bridgehead atoms. The molecule has 46 heavy (non-hydrogen) atoms. The Morgan fingerprint density at radius 2 is 1.78 bits per heavy atom. The van der Waals surface area contributed by atoms with Gasteiger partial charge in [-0.05, 0) is 36.1 Å². The molecule has 8 amide bonds. The van der Waals surface area contributed by atoms with Gasteiger partial charge in [0.25, 0.3) is 0 Å². The second-order valence-electron chi connectivity index (χ2n) is 10.2. The van der Waals surface area contributed by atoms with Crippen LogP contribution in [0.3, 0.4) is 0 Å². The maximum Gasteiger partial charge on any atom is 0.506 e. The van der Waals surface area contributed by atoms with E-state index >= 15 is 0 Å². The number of hydrogen-bond acceptors (Lipinski definition) is 10. The van der Waals surface area contributed by atoms with Crippen molar-refractivity contribution in [1.29, 1.82) is 0 Å². The Bertz CT molecular complexity index is 1270. The topological polar surface area (TPSA) is 256 Å². The molecule has 0 saturated carbocycles. The highest BCUT2D eigenvalue weighted by molar-refractivity contribution is 6.02. The highest BCUT2D eigenvalue weighted by Crippen LogP contribution is 2.19. The molecule has 1 aromatic carbocycles. The van der Waals surface area contributed by atoms with Crippen LogP contribution in [0.4, 0.5) is 15.3 Å². The van der Waals surface area contributed by atoms with Gasteiger partial charge in [-0.15, -0.1) is 0 Å². The van der Waals surface area contributed by atoms with E-state index in [0.29, 0.717) is 23.2 Å². The van der Waals surface area contributed by atoms with Gasteiger partial charge in [-0.3, -0.25) is 33.7 Å². The molecule has 1 aromatic rings. The molecule has 0 aromatic heterocycles. The van der Waals surface area contributed by atoms with E-state index in [9.17, 15) is 38.4 Å². The second-order valence-corrected chi connectivity index (χ2v) is 10.2. The van der Waals surface area contributed by atoms with Gasteiger partial charge < -0.3 is 46.5 Å². The van der Waals surface area contributed by atoms with E-state index < -0.39 is 42.5 Å². The Morgan fingerprint density at radius 3 is 2.43 bits per heavy atom. The number of nitrogens with zero attached hydrogens (tertiary/aromatic N) is 2. The molecule has 1 fully saturated rings. The highest BCUT2D eigenvalue weighted by atomic mass is 16.7. The fraction of sp³-hybridized carbons (Fsp3) is 0.500. The van der Waals surface area contributed by atoms with E-state index in [2.05, 4.69) is 26.0 Å². The Kier molecular flexibility index (Phi) is 15.4. The summed E-state index contributed by atoms with van der Waals surface area (Å²) in [6, 6.07) is 2.72. The Balaban J connectivity index is 1.93. The first kappa shape index (κ1) is 36.9. The molecule has 1 aliphatic heterocycles. The molecule has 0 spiro atoms. The van der Waals surface area contributed by atoms with Crippen LogP contribution in [-0.4, -0.2) is 109 Å². The first-order chi connectivity index (χ1) is 21.9. The SMILES string of the molecule is CN(C=O)Cc1cc(NC(=O)[C@H](CCCNC(N)=O)NC(=O)CNC(=O)CCOCCN2C(=O)CCC2=O)ccc1COC(=O)O. The zero-order valence-electron chi connectivity index (χ0n) is 25.4. The van der Waals surface area contributed by atoms with Crippen molar-refractivity contribution in [1.82, 2.24) is 25.8 Å². The van der Waals surface area contributed by atoms with Crippen LogP contribution in [0.2, 0.25) is 0 Å². The molecule has 0 unspecified atom stereocenters. The minimum absolute atomic E-state index is 0.00653. The number of amides is 8. The zero-order chi connectivity index (χ0) is 34.1. The molecule has 1 aliphatic rings. The number of benzene rings is 1. The molecule has 252 valence electrons. The first-order valence-electron chi connectivity index (χ1n) is 14.3. The Hall–Kier alpha value is -5.26. The van der Waals surface area contributed by atoms with Crippen molar-refractivity contribution in [3.8, 4) is 0 Å². The largest absolute Gasteiger partial charge is 0.506 e. The molecule has 1 saturated heterocycles. The minimum Gasteiger partial charge on any atom is -0.450 e. The summed E-state index contributed by atoms with van der Waals surface area (Å²) in [5, 5.41) is 18.9. The lowest BCUT2D eigenvalue weighted by molar-refractivity contribution is -0.139. The molecule has 2 rings (SSSR count). The van der Waals surface area contributed by atoms with Gasteiger partial charge >= 0.3 is 12.2 Å². The number of carboxylic acid groups (broad SMARTS) is 1. The number of ether oxygens (including phenoxy) is 2. The normalized spacial score (nSPS) is 13.0. The van der Waals surface area contributed by atoms with Gasteiger partial charge in [0, 0.05) is 45.1 Å². The Morgan fingerprint density at radius 1 is 1.07 bits per heavy atom. The number of carbonyl (C=O) groups excluding carboxylic acids is 7. The summed E-state index contributed by atoms with van der Waals surface area (Å²) in [5.74, 6) is -2.32. The van der Waals surface area contributed by atoms with Crippen molar-refractivity contribution < 1.29 is 52.9 Å². The van der Waals surface area contributed by atoms with Crippen molar-refractivity contribution in [2.45, 2.75) is 51.3 Å². The number of nitrogens with two attached hydrogens (primary N) is 1. The van der Waals surface area contributed by atoms with Crippen LogP contribution in [0.5, 0.6) is 0 Å². The predicted octanol–water partition coefficient (Wildman–Crippen LogP) is -0.987. The van der Waals surface area contributed by atoms with Gasteiger partial charge in [0.05, 0.1) is 26.3 Å². The fourth-order valence-electron chi connectivity index (χ4n) is 4.26. The molecule has 7 N–H and O–H groups in total. The summed E-state index contributed by atoms with van der Waals surface area (Å²) in [6.07, 6.45) is -0.286. The predicted molar refractivity (Wildman–Crippen MR) is 159 cm³/mol. The van der Waals surface area contributed by atoms with E-state index in [1.54, 1.807) is 0 Å². The number of rotatable bonds is 20. The summed E-state index contributed by atoms with van der Waals surface area (Å²) in [6.45, 7) is -0.344. The standard InChI is InChI=1S/C28H39N7O11/c1-34(17-36)15-19-13-20(5-4-18(19)16-46-28(43)44)32-26(41)21(3-2-9-30-27(29)42)33-23(38)14-31-22(37)8-11-45-12-10-35-24(39)6-7-25(35)40/h4-5,13,17,21H,2-3,6-12,14-16H2,1H3,(H,31,37)(H,32,41)(H,33,38)(H,43,44)(H3,29,30,42)/t21-/m0/s1. The van der Waals surface area contributed by atoms with Crippen LogP contribution in [0, 0.1) is 0 Å². The van der Waals surface area contributed by atoms with Crippen molar-refractivity contribution >= 4 is 53.8 Å². The maximum absolute atomic E-state index is 13.2. The third-order valence-electron chi connectivity index (χ3n) is 6.58. The third kappa shape index (κ3) is 13.6. The number of primary amides is 1. The summed E-state index contributed by atoms with van der Waals surface area (Å²) < 4.78 is 9.94. The molecule has 1 atom stereocenters. The minimum atomic E-state index is -1.48.